The predicted molar refractivity (Wildman–Crippen MR) is 110 cm³/mol. The Kier molecular flexibility index (Phi) is 7.85. The molecule has 2 aromatic rings. The molecule has 0 fully saturated rings. The van der Waals surface area contributed by atoms with E-state index in [1.54, 1.807) is 24.3 Å². The first-order chi connectivity index (χ1) is 12.9. The minimum Gasteiger partial charge on any atom is -0.372 e. The average Bonchev–Trinajstić information content (AvgIpc) is 2.67. The zero-order chi connectivity index (χ0) is 19.7. The largest absolute Gasteiger partial charge is 0.372 e. The van der Waals surface area contributed by atoms with Crippen LogP contribution in [-0.4, -0.2) is 39.7 Å². The molecule has 0 atom stereocenters. The van der Waals surface area contributed by atoms with Crippen LogP contribution in [-0.2, 0) is 14.6 Å². The van der Waals surface area contributed by atoms with Gasteiger partial charge in [-0.25, -0.2) is 8.42 Å². The summed E-state index contributed by atoms with van der Waals surface area (Å²) in [7, 11) is -3.43. The minimum absolute atomic E-state index is 0.0214. The van der Waals surface area contributed by atoms with Gasteiger partial charge in [-0.3, -0.25) is 4.79 Å². The maximum absolute atomic E-state index is 12.3. The van der Waals surface area contributed by atoms with Gasteiger partial charge in [0.25, 0.3) is 0 Å². The van der Waals surface area contributed by atoms with Gasteiger partial charge < -0.3 is 10.2 Å². The number of aryl methyl sites for hydroxylation is 1. The smallest absolute Gasteiger partial charge is 0.221 e. The molecule has 2 aromatic carbocycles. The van der Waals surface area contributed by atoms with Crippen molar-refractivity contribution in [2.75, 3.05) is 30.3 Å². The highest BCUT2D eigenvalue weighted by molar-refractivity contribution is 7.91. The van der Waals surface area contributed by atoms with Gasteiger partial charge >= 0.3 is 0 Å². The van der Waals surface area contributed by atoms with E-state index in [-0.39, 0.29) is 23.0 Å². The van der Waals surface area contributed by atoms with Crippen LogP contribution in [0.2, 0.25) is 0 Å². The molecule has 0 aliphatic heterocycles. The number of sulfone groups is 1. The van der Waals surface area contributed by atoms with E-state index in [0.717, 1.165) is 30.8 Å². The zero-order valence-electron chi connectivity index (χ0n) is 16.0. The number of hydrogen-bond donors (Lipinski definition) is 1. The number of benzene rings is 2. The van der Waals surface area contributed by atoms with E-state index in [1.165, 1.54) is 0 Å². The van der Waals surface area contributed by atoms with Crippen LogP contribution in [0.4, 0.5) is 5.69 Å². The molecule has 0 saturated heterocycles. The van der Waals surface area contributed by atoms with Gasteiger partial charge in [0.2, 0.25) is 5.91 Å². The molecule has 1 amide bonds. The summed E-state index contributed by atoms with van der Waals surface area (Å²) in [5, 5.41) is 2.82. The number of nitrogens with one attached hydrogen (secondary N) is 1. The predicted octanol–water partition coefficient (Wildman–Crippen LogP) is 3.19. The summed E-state index contributed by atoms with van der Waals surface area (Å²) in [6.45, 7) is 6.27. The van der Waals surface area contributed by atoms with Crippen LogP contribution in [0.1, 0.15) is 25.3 Å². The summed E-state index contributed by atoms with van der Waals surface area (Å²) in [6, 6.07) is 16.8. The second kappa shape index (κ2) is 10.1. The quantitative estimate of drug-likeness (QED) is 0.635. The minimum atomic E-state index is -3.43. The van der Waals surface area contributed by atoms with Crippen molar-refractivity contribution in [3.05, 3.63) is 60.2 Å². The fourth-order valence-electron chi connectivity index (χ4n) is 2.79. The van der Waals surface area contributed by atoms with Crippen LogP contribution in [0, 0.1) is 6.92 Å². The lowest BCUT2D eigenvalue weighted by molar-refractivity contribution is -0.120. The van der Waals surface area contributed by atoms with Crippen molar-refractivity contribution in [3.63, 3.8) is 0 Å². The van der Waals surface area contributed by atoms with Crippen molar-refractivity contribution in [2.45, 2.75) is 31.6 Å². The number of rotatable bonds is 10. The summed E-state index contributed by atoms with van der Waals surface area (Å²) in [4.78, 5) is 14.5. The standard InChI is InChI=1S/C21H28N2O3S/c1-3-23(19-8-5-4-6-9-19)16-7-15-22-21(24)14-17-27(25,26)20-12-10-18(2)11-13-20/h4-6,8-13H,3,7,14-17H2,1-2H3,(H,22,24). The van der Waals surface area contributed by atoms with Crippen LogP contribution < -0.4 is 10.2 Å². The maximum atomic E-state index is 12.3. The zero-order valence-corrected chi connectivity index (χ0v) is 16.8. The van der Waals surface area contributed by atoms with Gasteiger partial charge in [0.15, 0.2) is 9.84 Å². The molecule has 1 N–H and O–H groups in total. The molecule has 0 aliphatic rings. The lowest BCUT2D eigenvalue weighted by Gasteiger charge is -2.23. The number of carbonyl (C=O) groups is 1. The fourth-order valence-corrected chi connectivity index (χ4v) is 4.03. The lowest BCUT2D eigenvalue weighted by Crippen LogP contribution is -2.30. The first kappa shape index (κ1) is 21.0. The Balaban J connectivity index is 1.72. The Hall–Kier alpha value is -2.34. The normalized spacial score (nSPS) is 11.2. The molecule has 27 heavy (non-hydrogen) atoms. The first-order valence-electron chi connectivity index (χ1n) is 9.28. The van der Waals surface area contributed by atoms with Gasteiger partial charge in [0.1, 0.15) is 0 Å². The van der Waals surface area contributed by atoms with E-state index >= 15 is 0 Å². The van der Waals surface area contributed by atoms with Gasteiger partial charge in [0.05, 0.1) is 10.6 Å². The van der Waals surface area contributed by atoms with Gasteiger partial charge in [-0.2, -0.15) is 0 Å². The first-order valence-corrected chi connectivity index (χ1v) is 10.9. The van der Waals surface area contributed by atoms with Crippen molar-refractivity contribution in [2.24, 2.45) is 0 Å². The van der Waals surface area contributed by atoms with Gasteiger partial charge in [-0.05, 0) is 44.5 Å². The summed E-state index contributed by atoms with van der Waals surface area (Å²) in [6.07, 6.45) is 0.783. The monoisotopic (exact) mass is 388 g/mol. The fraction of sp³-hybridized carbons (Fsp3) is 0.381. The van der Waals surface area contributed by atoms with Gasteiger partial charge in [-0.1, -0.05) is 35.9 Å². The van der Waals surface area contributed by atoms with Crippen LogP contribution in [0.25, 0.3) is 0 Å². The second-order valence-electron chi connectivity index (χ2n) is 6.50. The number of anilines is 1. The Morgan fingerprint density at radius 2 is 1.70 bits per heavy atom. The molecule has 0 bridgehead atoms. The second-order valence-corrected chi connectivity index (χ2v) is 8.61. The Morgan fingerprint density at radius 3 is 2.33 bits per heavy atom. The molecule has 5 nitrogen and oxygen atoms in total. The molecule has 0 saturated carbocycles. The molecule has 0 spiro atoms. The van der Waals surface area contributed by atoms with Crippen molar-refractivity contribution < 1.29 is 13.2 Å². The molecule has 0 heterocycles. The highest BCUT2D eigenvalue weighted by atomic mass is 32.2. The molecule has 6 heteroatoms. The topological polar surface area (TPSA) is 66.5 Å². The molecule has 0 aliphatic carbocycles. The highest BCUT2D eigenvalue weighted by Gasteiger charge is 2.16. The Bertz CT molecular complexity index is 818. The van der Waals surface area contributed by atoms with E-state index in [9.17, 15) is 13.2 Å². The third kappa shape index (κ3) is 6.71. The van der Waals surface area contributed by atoms with E-state index in [0.29, 0.717) is 6.54 Å². The lowest BCUT2D eigenvalue weighted by atomic mass is 10.2. The molecule has 2 rings (SSSR count). The van der Waals surface area contributed by atoms with Crippen molar-refractivity contribution in [3.8, 4) is 0 Å². The highest BCUT2D eigenvalue weighted by Crippen LogP contribution is 2.14. The number of para-hydroxylation sites is 1. The average molecular weight is 389 g/mol. The van der Waals surface area contributed by atoms with Crippen LogP contribution in [0.5, 0.6) is 0 Å². The van der Waals surface area contributed by atoms with Gasteiger partial charge in [0, 0.05) is 31.7 Å². The third-order valence-corrected chi connectivity index (χ3v) is 6.14. The van der Waals surface area contributed by atoms with Crippen LogP contribution in [0.15, 0.2) is 59.5 Å². The van der Waals surface area contributed by atoms with Crippen molar-refractivity contribution in [1.82, 2.24) is 5.32 Å². The molecular formula is C21H28N2O3S. The van der Waals surface area contributed by atoms with Crippen molar-refractivity contribution in [1.29, 1.82) is 0 Å². The van der Waals surface area contributed by atoms with E-state index in [2.05, 4.69) is 29.3 Å². The molecule has 0 radical (unpaired) electrons. The van der Waals surface area contributed by atoms with Crippen LogP contribution >= 0.6 is 0 Å². The number of hydrogen-bond acceptors (Lipinski definition) is 4. The van der Waals surface area contributed by atoms with Crippen molar-refractivity contribution >= 4 is 21.4 Å². The third-order valence-electron chi connectivity index (χ3n) is 4.41. The van der Waals surface area contributed by atoms with E-state index in [1.807, 2.05) is 25.1 Å². The Labute approximate surface area is 162 Å². The molecule has 0 unspecified atom stereocenters. The summed E-state index contributed by atoms with van der Waals surface area (Å²) < 4.78 is 24.6. The number of carbonyl (C=O) groups excluding carboxylic acids is 1. The number of amides is 1. The van der Waals surface area contributed by atoms with E-state index < -0.39 is 9.84 Å². The van der Waals surface area contributed by atoms with E-state index in [4.69, 9.17) is 0 Å². The van der Waals surface area contributed by atoms with Crippen LogP contribution in [0.3, 0.4) is 0 Å². The molecular weight excluding hydrogens is 360 g/mol. The summed E-state index contributed by atoms with van der Waals surface area (Å²) in [5.41, 5.74) is 2.17. The number of nitrogens with zero attached hydrogens (tertiary/aromatic N) is 1. The summed E-state index contributed by atoms with van der Waals surface area (Å²) in [5.74, 6) is -0.402. The maximum Gasteiger partial charge on any atom is 0.221 e. The molecule has 0 aromatic heterocycles. The SMILES string of the molecule is CCN(CCCNC(=O)CCS(=O)(=O)c1ccc(C)cc1)c1ccccc1. The Morgan fingerprint density at radius 1 is 1.04 bits per heavy atom. The summed E-state index contributed by atoms with van der Waals surface area (Å²) >= 11 is 0. The molecule has 146 valence electrons. The van der Waals surface area contributed by atoms with Gasteiger partial charge in [-0.15, -0.1) is 0 Å².